The molecule has 1 aliphatic rings. The van der Waals surface area contributed by atoms with Crippen molar-refractivity contribution in [2.24, 2.45) is 7.05 Å². The number of likely N-dealkylation sites (N-methyl/N-ethyl adjacent to an activating group) is 1. The van der Waals surface area contributed by atoms with Gasteiger partial charge in [0.2, 0.25) is 0 Å². The standard InChI is InChI=1S/C18H24N4O2/c1-3-22-10-6-7-13(22)11-19-18(24)20-16-12-21(2)17(23)15-9-5-4-8-14(15)16/h4-5,8-9,12-13H,3,6-7,10-11H2,1-2H3,(H2,19,20,24)/t13-/m1/s1. The van der Waals surface area contributed by atoms with Crippen LogP contribution in [-0.2, 0) is 7.05 Å². The van der Waals surface area contributed by atoms with Gasteiger partial charge in [0.25, 0.3) is 5.56 Å². The minimum absolute atomic E-state index is 0.0684. The van der Waals surface area contributed by atoms with E-state index in [1.54, 1.807) is 19.3 Å². The van der Waals surface area contributed by atoms with Gasteiger partial charge in [-0.3, -0.25) is 9.69 Å². The largest absolute Gasteiger partial charge is 0.336 e. The van der Waals surface area contributed by atoms with Gasteiger partial charge in [0.15, 0.2) is 0 Å². The first kappa shape index (κ1) is 16.5. The number of anilines is 1. The number of urea groups is 1. The summed E-state index contributed by atoms with van der Waals surface area (Å²) >= 11 is 0. The highest BCUT2D eigenvalue weighted by Crippen LogP contribution is 2.20. The number of hydrogen-bond donors (Lipinski definition) is 2. The Labute approximate surface area is 141 Å². The number of nitrogens with one attached hydrogen (secondary N) is 2. The lowest BCUT2D eigenvalue weighted by molar-refractivity contribution is 0.238. The Kier molecular flexibility index (Phi) is 4.85. The summed E-state index contributed by atoms with van der Waals surface area (Å²) in [6, 6.07) is 7.50. The van der Waals surface area contributed by atoms with Crippen LogP contribution in [0.4, 0.5) is 10.5 Å². The van der Waals surface area contributed by atoms with Crippen LogP contribution in [0.2, 0.25) is 0 Å². The average molecular weight is 328 g/mol. The Balaban J connectivity index is 1.72. The third-order valence-corrected chi connectivity index (χ3v) is 4.74. The Hall–Kier alpha value is -2.34. The first-order valence-corrected chi connectivity index (χ1v) is 8.47. The van der Waals surface area contributed by atoms with Gasteiger partial charge in [-0.1, -0.05) is 25.1 Å². The van der Waals surface area contributed by atoms with Crippen molar-refractivity contribution < 1.29 is 4.79 Å². The fourth-order valence-electron chi connectivity index (χ4n) is 3.44. The number of nitrogens with zero attached hydrogens (tertiary/aromatic N) is 2. The third kappa shape index (κ3) is 3.28. The molecule has 0 unspecified atom stereocenters. The molecule has 0 aliphatic carbocycles. The first-order chi connectivity index (χ1) is 11.6. The molecule has 2 aromatic rings. The van der Waals surface area contributed by atoms with Gasteiger partial charge in [0.1, 0.15) is 0 Å². The number of hydrogen-bond acceptors (Lipinski definition) is 3. The predicted octanol–water partition coefficient (Wildman–Crippen LogP) is 2.14. The Bertz CT molecular complexity index is 799. The van der Waals surface area contributed by atoms with Crippen LogP contribution < -0.4 is 16.2 Å². The second kappa shape index (κ2) is 7.05. The number of aryl methyl sites for hydroxylation is 1. The molecule has 3 rings (SSSR count). The summed E-state index contributed by atoms with van der Waals surface area (Å²) < 4.78 is 1.49. The van der Waals surface area contributed by atoms with Crippen LogP contribution in [0.3, 0.4) is 0 Å². The Morgan fingerprint density at radius 2 is 2.04 bits per heavy atom. The van der Waals surface area contributed by atoms with E-state index >= 15 is 0 Å². The molecule has 0 radical (unpaired) electrons. The molecule has 128 valence electrons. The number of benzene rings is 1. The molecular formula is C18H24N4O2. The number of fused-ring (bicyclic) bond motifs is 1. The predicted molar refractivity (Wildman–Crippen MR) is 96.5 cm³/mol. The van der Waals surface area contributed by atoms with Crippen LogP contribution in [-0.4, -0.2) is 41.2 Å². The lowest BCUT2D eigenvalue weighted by Gasteiger charge is -2.23. The molecule has 24 heavy (non-hydrogen) atoms. The van der Waals surface area contributed by atoms with Crippen molar-refractivity contribution in [1.29, 1.82) is 0 Å². The van der Waals surface area contributed by atoms with Crippen molar-refractivity contribution in [2.45, 2.75) is 25.8 Å². The number of aromatic nitrogens is 1. The number of amides is 2. The van der Waals surface area contributed by atoms with Crippen LogP contribution in [0, 0.1) is 0 Å². The molecule has 1 fully saturated rings. The maximum atomic E-state index is 12.3. The fourth-order valence-corrected chi connectivity index (χ4v) is 3.44. The Morgan fingerprint density at radius 3 is 2.79 bits per heavy atom. The van der Waals surface area contributed by atoms with Crippen molar-refractivity contribution >= 4 is 22.5 Å². The molecular weight excluding hydrogens is 304 g/mol. The van der Waals surface area contributed by atoms with Gasteiger partial charge in [-0.25, -0.2) is 4.79 Å². The molecule has 0 bridgehead atoms. The molecule has 1 aromatic carbocycles. The van der Waals surface area contributed by atoms with Crippen molar-refractivity contribution in [1.82, 2.24) is 14.8 Å². The van der Waals surface area contributed by atoms with Crippen LogP contribution in [0.15, 0.2) is 35.3 Å². The molecule has 2 heterocycles. The topological polar surface area (TPSA) is 66.4 Å². The molecule has 2 amide bonds. The lowest BCUT2D eigenvalue weighted by atomic mass is 10.1. The van der Waals surface area contributed by atoms with Gasteiger partial charge in [-0.2, -0.15) is 0 Å². The highest BCUT2D eigenvalue weighted by Gasteiger charge is 2.23. The quantitative estimate of drug-likeness (QED) is 0.904. The van der Waals surface area contributed by atoms with Crippen LogP contribution in [0.25, 0.3) is 10.8 Å². The Morgan fingerprint density at radius 1 is 1.29 bits per heavy atom. The lowest BCUT2D eigenvalue weighted by Crippen LogP contribution is -2.41. The van der Waals surface area contributed by atoms with Crippen LogP contribution in [0.1, 0.15) is 19.8 Å². The number of pyridine rings is 1. The summed E-state index contributed by atoms with van der Waals surface area (Å²) in [4.78, 5) is 26.8. The second-order valence-corrected chi connectivity index (χ2v) is 6.26. The van der Waals surface area contributed by atoms with E-state index in [4.69, 9.17) is 0 Å². The van der Waals surface area contributed by atoms with E-state index in [-0.39, 0.29) is 11.6 Å². The minimum Gasteiger partial charge on any atom is -0.336 e. The van der Waals surface area contributed by atoms with E-state index in [9.17, 15) is 9.59 Å². The summed E-state index contributed by atoms with van der Waals surface area (Å²) in [5.41, 5.74) is 0.574. The molecule has 1 saturated heterocycles. The van der Waals surface area contributed by atoms with Crippen LogP contribution in [0.5, 0.6) is 0 Å². The normalized spacial score (nSPS) is 18.0. The van der Waals surface area contributed by atoms with Gasteiger partial charge in [0, 0.05) is 36.6 Å². The number of carbonyl (C=O) groups is 1. The highest BCUT2D eigenvalue weighted by molar-refractivity contribution is 6.00. The van der Waals surface area contributed by atoms with E-state index in [1.165, 1.54) is 11.0 Å². The summed E-state index contributed by atoms with van der Waals surface area (Å²) in [5.74, 6) is 0. The van der Waals surface area contributed by atoms with Gasteiger partial charge in [0.05, 0.1) is 5.69 Å². The maximum absolute atomic E-state index is 12.3. The summed E-state index contributed by atoms with van der Waals surface area (Å²) in [6.45, 7) is 4.91. The molecule has 0 spiro atoms. The number of carbonyl (C=O) groups excluding carboxylic acids is 1. The van der Waals surface area contributed by atoms with E-state index < -0.39 is 0 Å². The van der Waals surface area contributed by atoms with E-state index in [1.807, 2.05) is 18.2 Å². The molecule has 6 heteroatoms. The average Bonchev–Trinajstić information content (AvgIpc) is 3.05. The zero-order chi connectivity index (χ0) is 17.1. The third-order valence-electron chi connectivity index (χ3n) is 4.74. The monoisotopic (exact) mass is 328 g/mol. The van der Waals surface area contributed by atoms with Gasteiger partial charge >= 0.3 is 6.03 Å². The van der Waals surface area contributed by atoms with Gasteiger partial charge in [-0.05, 0) is 32.0 Å². The fraction of sp³-hybridized carbons (Fsp3) is 0.444. The van der Waals surface area contributed by atoms with Crippen LogP contribution >= 0.6 is 0 Å². The van der Waals surface area contributed by atoms with Gasteiger partial charge < -0.3 is 15.2 Å². The minimum atomic E-state index is -0.234. The smallest absolute Gasteiger partial charge is 0.319 e. The van der Waals surface area contributed by atoms with E-state index in [0.29, 0.717) is 23.7 Å². The van der Waals surface area contributed by atoms with Crippen molar-refractivity contribution in [3.05, 3.63) is 40.8 Å². The molecule has 1 atom stereocenters. The van der Waals surface area contributed by atoms with Gasteiger partial charge in [-0.15, -0.1) is 0 Å². The number of rotatable bonds is 4. The molecule has 2 N–H and O–H groups in total. The van der Waals surface area contributed by atoms with E-state index in [0.717, 1.165) is 24.9 Å². The molecule has 1 aliphatic heterocycles. The van der Waals surface area contributed by atoms with Crippen molar-refractivity contribution in [3.63, 3.8) is 0 Å². The molecule has 1 aromatic heterocycles. The van der Waals surface area contributed by atoms with Crippen molar-refractivity contribution in [2.75, 3.05) is 25.0 Å². The molecule has 6 nitrogen and oxygen atoms in total. The zero-order valence-electron chi connectivity index (χ0n) is 14.2. The maximum Gasteiger partial charge on any atom is 0.319 e. The summed E-state index contributed by atoms with van der Waals surface area (Å²) in [6.07, 6.45) is 3.97. The zero-order valence-corrected chi connectivity index (χ0v) is 14.2. The summed E-state index contributed by atoms with van der Waals surface area (Å²) in [5, 5.41) is 7.20. The summed E-state index contributed by atoms with van der Waals surface area (Å²) in [7, 11) is 1.69. The second-order valence-electron chi connectivity index (χ2n) is 6.26. The number of likely N-dealkylation sites (tertiary alicyclic amines) is 1. The van der Waals surface area contributed by atoms with E-state index in [2.05, 4.69) is 22.5 Å². The first-order valence-electron chi connectivity index (χ1n) is 8.47. The molecule has 0 saturated carbocycles. The SMILES string of the molecule is CCN1CCC[C@@H]1CNC(=O)Nc1cn(C)c(=O)c2ccccc12. The van der Waals surface area contributed by atoms with Crippen molar-refractivity contribution in [3.8, 4) is 0 Å². The highest BCUT2D eigenvalue weighted by atomic mass is 16.2.